The first-order chi connectivity index (χ1) is 10.0. The smallest absolute Gasteiger partial charge is 0.255 e. The summed E-state index contributed by atoms with van der Waals surface area (Å²) in [5.41, 5.74) is 2.68. The van der Waals surface area contributed by atoms with Crippen molar-refractivity contribution in [1.82, 2.24) is 14.6 Å². The van der Waals surface area contributed by atoms with E-state index >= 15 is 0 Å². The van der Waals surface area contributed by atoms with Crippen LogP contribution in [0.4, 0.5) is 0 Å². The second-order valence-corrected chi connectivity index (χ2v) is 5.74. The average molecular weight is 287 g/mol. The van der Waals surface area contributed by atoms with Crippen LogP contribution in [0.5, 0.6) is 0 Å². The van der Waals surface area contributed by atoms with Crippen molar-refractivity contribution in [3.8, 4) is 5.82 Å². The van der Waals surface area contributed by atoms with E-state index in [0.29, 0.717) is 6.04 Å². The maximum Gasteiger partial charge on any atom is 0.255 e. The monoisotopic (exact) mass is 287 g/mol. The molecule has 1 fully saturated rings. The molecule has 0 N–H and O–H groups in total. The molecule has 1 saturated carbocycles. The number of carbonyl (C=O) groups excluding carboxylic acids is 1. The van der Waals surface area contributed by atoms with E-state index < -0.39 is 0 Å². The molecule has 0 aromatic carbocycles. The van der Waals surface area contributed by atoms with E-state index in [1.54, 1.807) is 0 Å². The van der Waals surface area contributed by atoms with Crippen LogP contribution in [0.25, 0.3) is 5.82 Å². The molecule has 21 heavy (non-hydrogen) atoms. The van der Waals surface area contributed by atoms with Gasteiger partial charge < -0.3 is 9.42 Å². The quantitative estimate of drug-likeness (QED) is 0.868. The fourth-order valence-corrected chi connectivity index (χ4v) is 2.90. The van der Waals surface area contributed by atoms with Gasteiger partial charge in [-0.3, -0.25) is 9.36 Å². The summed E-state index contributed by atoms with van der Waals surface area (Å²) in [5.74, 6) is 1.62. The summed E-state index contributed by atoms with van der Waals surface area (Å²) in [6.07, 6.45) is 2.25. The Morgan fingerprint density at radius 1 is 1.38 bits per heavy atom. The van der Waals surface area contributed by atoms with Crippen molar-refractivity contribution in [2.45, 2.75) is 46.6 Å². The van der Waals surface area contributed by atoms with E-state index in [4.69, 9.17) is 4.52 Å². The zero-order chi connectivity index (χ0) is 15.1. The van der Waals surface area contributed by atoms with Crippen LogP contribution in [0.2, 0.25) is 0 Å². The number of hydrogen-bond acceptors (Lipinski definition) is 3. The Morgan fingerprint density at radius 3 is 2.62 bits per heavy atom. The van der Waals surface area contributed by atoms with Gasteiger partial charge in [0.25, 0.3) is 5.91 Å². The van der Waals surface area contributed by atoms with Crippen LogP contribution in [0.3, 0.4) is 0 Å². The lowest BCUT2D eigenvalue weighted by atomic mass is 10.2. The van der Waals surface area contributed by atoms with E-state index in [1.807, 2.05) is 49.3 Å². The molecule has 0 unspecified atom stereocenters. The van der Waals surface area contributed by atoms with Gasteiger partial charge in [0.1, 0.15) is 5.76 Å². The van der Waals surface area contributed by atoms with Crippen molar-refractivity contribution in [3.63, 3.8) is 0 Å². The Balaban J connectivity index is 1.99. The van der Waals surface area contributed by atoms with Crippen LogP contribution >= 0.6 is 0 Å². The third kappa shape index (κ3) is 2.37. The second kappa shape index (κ2) is 5.06. The van der Waals surface area contributed by atoms with Gasteiger partial charge >= 0.3 is 0 Å². The minimum absolute atomic E-state index is 0.125. The zero-order valence-corrected chi connectivity index (χ0v) is 13.0. The molecule has 1 aliphatic rings. The van der Waals surface area contributed by atoms with Crippen molar-refractivity contribution in [2.24, 2.45) is 0 Å². The van der Waals surface area contributed by atoms with Crippen molar-refractivity contribution >= 4 is 5.91 Å². The molecule has 0 atom stereocenters. The fourth-order valence-electron chi connectivity index (χ4n) is 2.90. The van der Waals surface area contributed by atoms with Crippen LogP contribution < -0.4 is 0 Å². The summed E-state index contributed by atoms with van der Waals surface area (Å²) >= 11 is 0. The Labute approximate surface area is 124 Å². The van der Waals surface area contributed by atoms with Gasteiger partial charge in [-0.25, -0.2) is 0 Å². The largest absolute Gasteiger partial charge is 0.360 e. The highest BCUT2D eigenvalue weighted by Gasteiger charge is 2.33. The summed E-state index contributed by atoms with van der Waals surface area (Å²) in [5, 5.41) is 4.06. The van der Waals surface area contributed by atoms with Crippen LogP contribution in [-0.4, -0.2) is 33.1 Å². The molecule has 112 valence electrons. The van der Waals surface area contributed by atoms with Crippen molar-refractivity contribution in [3.05, 3.63) is 34.8 Å². The van der Waals surface area contributed by atoms with Crippen LogP contribution in [0, 0.1) is 20.8 Å². The third-order valence-corrected chi connectivity index (χ3v) is 4.10. The van der Waals surface area contributed by atoms with E-state index in [2.05, 4.69) is 5.16 Å². The molecule has 1 aliphatic carbocycles. The highest BCUT2D eigenvalue weighted by atomic mass is 16.5. The minimum atomic E-state index is 0.125. The molecule has 2 aromatic rings. The van der Waals surface area contributed by atoms with Crippen LogP contribution in [0.15, 0.2) is 16.7 Å². The number of aromatic nitrogens is 2. The van der Waals surface area contributed by atoms with Gasteiger partial charge in [0.15, 0.2) is 5.82 Å². The molecule has 5 heteroatoms. The molecule has 1 amide bonds. The first-order valence-electron chi connectivity index (χ1n) is 7.46. The van der Waals surface area contributed by atoms with Gasteiger partial charge in [0.05, 0.1) is 5.56 Å². The first-order valence-corrected chi connectivity index (χ1v) is 7.46. The number of aryl methyl sites for hydroxylation is 2. The van der Waals surface area contributed by atoms with Gasteiger partial charge in [-0.15, -0.1) is 0 Å². The molecule has 0 spiro atoms. The van der Waals surface area contributed by atoms with E-state index in [1.165, 1.54) is 0 Å². The summed E-state index contributed by atoms with van der Waals surface area (Å²) in [6.45, 7) is 8.61. The minimum Gasteiger partial charge on any atom is -0.360 e. The van der Waals surface area contributed by atoms with Crippen molar-refractivity contribution in [2.75, 3.05) is 6.54 Å². The molecule has 2 heterocycles. The molecule has 5 nitrogen and oxygen atoms in total. The number of rotatable bonds is 4. The number of nitrogens with zero attached hydrogens (tertiary/aromatic N) is 3. The third-order valence-electron chi connectivity index (χ3n) is 4.10. The number of amides is 1. The lowest BCUT2D eigenvalue weighted by Crippen LogP contribution is -2.33. The summed E-state index contributed by atoms with van der Waals surface area (Å²) in [7, 11) is 0. The van der Waals surface area contributed by atoms with Gasteiger partial charge in [-0.1, -0.05) is 5.16 Å². The summed E-state index contributed by atoms with van der Waals surface area (Å²) in [4.78, 5) is 14.7. The fraction of sp³-hybridized carbons (Fsp3) is 0.500. The number of carbonyl (C=O) groups is 1. The summed E-state index contributed by atoms with van der Waals surface area (Å²) < 4.78 is 7.13. The van der Waals surface area contributed by atoms with E-state index in [9.17, 15) is 4.79 Å². The van der Waals surface area contributed by atoms with Gasteiger partial charge in [0.2, 0.25) is 0 Å². The second-order valence-electron chi connectivity index (χ2n) is 5.74. The lowest BCUT2D eigenvalue weighted by molar-refractivity contribution is 0.0752. The molecular formula is C16H21N3O2. The number of hydrogen-bond donors (Lipinski definition) is 0. The van der Waals surface area contributed by atoms with Crippen molar-refractivity contribution < 1.29 is 9.32 Å². The molecule has 0 bridgehead atoms. The first kappa shape index (κ1) is 13.9. The van der Waals surface area contributed by atoms with Gasteiger partial charge in [0, 0.05) is 30.0 Å². The Morgan fingerprint density at radius 2 is 2.10 bits per heavy atom. The maximum absolute atomic E-state index is 12.7. The zero-order valence-electron chi connectivity index (χ0n) is 13.0. The average Bonchev–Trinajstić information content (AvgIpc) is 3.11. The Bertz CT molecular complexity index is 680. The van der Waals surface area contributed by atoms with Gasteiger partial charge in [-0.05, 0) is 46.6 Å². The summed E-state index contributed by atoms with van der Waals surface area (Å²) in [6, 6.07) is 4.26. The molecular weight excluding hydrogens is 266 g/mol. The molecule has 2 aromatic heterocycles. The van der Waals surface area contributed by atoms with Crippen molar-refractivity contribution in [1.29, 1.82) is 0 Å². The highest BCUT2D eigenvalue weighted by Crippen LogP contribution is 2.29. The van der Waals surface area contributed by atoms with Gasteiger partial charge in [-0.2, -0.15) is 0 Å². The predicted octanol–water partition coefficient (Wildman–Crippen LogP) is 3.02. The lowest BCUT2D eigenvalue weighted by Gasteiger charge is -2.20. The maximum atomic E-state index is 12.7. The Hall–Kier alpha value is -2.04. The molecule has 0 saturated heterocycles. The highest BCUT2D eigenvalue weighted by molar-refractivity contribution is 5.96. The topological polar surface area (TPSA) is 51.3 Å². The standard InChI is InChI=1S/C16H21N3O2/c1-5-18(13-6-7-13)16(20)14-8-10(2)19(12(14)4)15-9-11(3)21-17-15/h8-9,13H,5-7H2,1-4H3. The molecule has 0 aliphatic heterocycles. The predicted molar refractivity (Wildman–Crippen MR) is 79.8 cm³/mol. The Kier molecular flexibility index (Phi) is 3.35. The van der Waals surface area contributed by atoms with Crippen LogP contribution in [-0.2, 0) is 0 Å². The molecule has 3 rings (SSSR count). The normalized spacial score (nSPS) is 14.5. The van der Waals surface area contributed by atoms with E-state index in [-0.39, 0.29) is 5.91 Å². The van der Waals surface area contributed by atoms with Crippen LogP contribution in [0.1, 0.15) is 47.3 Å². The van der Waals surface area contributed by atoms with E-state index in [0.717, 1.165) is 47.9 Å². The SMILES string of the molecule is CCN(C(=O)c1cc(C)n(-c2cc(C)on2)c1C)C1CC1. The molecule has 0 radical (unpaired) electrons.